The van der Waals surface area contributed by atoms with Gasteiger partial charge < -0.3 is 4.90 Å². The fourth-order valence-electron chi connectivity index (χ4n) is 2.48. The summed E-state index contributed by atoms with van der Waals surface area (Å²) in [5, 5.41) is 4.17. The van der Waals surface area contributed by atoms with Gasteiger partial charge in [0.1, 0.15) is 5.78 Å². The van der Waals surface area contributed by atoms with Crippen molar-refractivity contribution in [1.82, 2.24) is 14.7 Å². The van der Waals surface area contributed by atoms with Gasteiger partial charge in [-0.05, 0) is 38.9 Å². The average molecular weight is 235 g/mol. The molecule has 0 N–H and O–H groups in total. The van der Waals surface area contributed by atoms with Crippen molar-refractivity contribution >= 4 is 5.78 Å². The van der Waals surface area contributed by atoms with Crippen molar-refractivity contribution in [3.63, 3.8) is 0 Å². The highest BCUT2D eigenvalue weighted by Crippen LogP contribution is 2.18. The van der Waals surface area contributed by atoms with Crippen LogP contribution in [-0.2, 0) is 18.3 Å². The minimum Gasteiger partial charge on any atom is -0.303 e. The Balaban J connectivity index is 1.75. The lowest BCUT2D eigenvalue weighted by molar-refractivity contribution is -0.122. The Hall–Kier alpha value is -1.16. The number of ketones is 1. The van der Waals surface area contributed by atoms with Crippen LogP contribution in [0.5, 0.6) is 0 Å². The molecule has 0 spiro atoms. The summed E-state index contributed by atoms with van der Waals surface area (Å²) in [5.74, 6) is 0.666. The summed E-state index contributed by atoms with van der Waals surface area (Å²) >= 11 is 0. The van der Waals surface area contributed by atoms with Gasteiger partial charge in [-0.2, -0.15) is 5.10 Å². The van der Waals surface area contributed by atoms with Gasteiger partial charge in [0.25, 0.3) is 0 Å². The molecule has 4 heteroatoms. The normalized spacial score (nSPS) is 18.5. The van der Waals surface area contributed by atoms with Gasteiger partial charge in [-0.25, -0.2) is 0 Å². The van der Waals surface area contributed by atoms with E-state index in [1.807, 2.05) is 17.9 Å². The third-order valence-electron chi connectivity index (χ3n) is 3.77. The number of carbonyl (C=O) groups excluding carboxylic acids is 1. The predicted molar refractivity (Wildman–Crippen MR) is 66.8 cm³/mol. The molecule has 94 valence electrons. The molecule has 0 aromatic carbocycles. The van der Waals surface area contributed by atoms with Crippen LogP contribution >= 0.6 is 0 Å². The van der Waals surface area contributed by atoms with Crippen LogP contribution in [0, 0.1) is 5.92 Å². The van der Waals surface area contributed by atoms with E-state index in [0.717, 1.165) is 38.9 Å². The zero-order chi connectivity index (χ0) is 12.3. The Morgan fingerprint density at radius 3 is 2.71 bits per heavy atom. The van der Waals surface area contributed by atoms with E-state index in [2.05, 4.69) is 16.1 Å². The van der Waals surface area contributed by atoms with E-state index in [9.17, 15) is 4.79 Å². The van der Waals surface area contributed by atoms with Crippen LogP contribution < -0.4 is 0 Å². The maximum Gasteiger partial charge on any atom is 0.133 e. The Morgan fingerprint density at radius 2 is 2.18 bits per heavy atom. The van der Waals surface area contributed by atoms with Gasteiger partial charge in [0.15, 0.2) is 0 Å². The van der Waals surface area contributed by atoms with Crippen LogP contribution in [0.1, 0.15) is 25.5 Å². The number of Topliss-reactive ketones (excluding diaryl/α,β-unsaturated/α-hetero) is 1. The molecule has 2 heterocycles. The fraction of sp³-hybridized carbons (Fsp3) is 0.692. The monoisotopic (exact) mass is 235 g/mol. The Kier molecular flexibility index (Phi) is 3.94. The number of hydrogen-bond donors (Lipinski definition) is 0. The molecule has 1 aliphatic heterocycles. The summed E-state index contributed by atoms with van der Waals surface area (Å²) in [6.45, 7) is 4.91. The number of carbonyl (C=O) groups is 1. The maximum atomic E-state index is 11.3. The second-order valence-electron chi connectivity index (χ2n) is 4.92. The van der Waals surface area contributed by atoms with Crippen LogP contribution in [0.25, 0.3) is 0 Å². The van der Waals surface area contributed by atoms with Gasteiger partial charge in [0, 0.05) is 37.8 Å². The molecule has 2 rings (SSSR count). The summed E-state index contributed by atoms with van der Waals surface area (Å²) in [7, 11) is 1.98. The smallest absolute Gasteiger partial charge is 0.133 e. The van der Waals surface area contributed by atoms with E-state index in [1.165, 1.54) is 5.69 Å². The van der Waals surface area contributed by atoms with Gasteiger partial charge >= 0.3 is 0 Å². The molecule has 0 bridgehead atoms. The molecule has 0 atom stereocenters. The molecular weight excluding hydrogens is 214 g/mol. The highest BCUT2D eigenvalue weighted by atomic mass is 16.1. The summed E-state index contributed by atoms with van der Waals surface area (Å²) in [6, 6.07) is 2.07. The molecule has 1 aromatic rings. The molecule has 0 radical (unpaired) electrons. The number of hydrogen-bond acceptors (Lipinski definition) is 3. The predicted octanol–water partition coefficient (Wildman–Crippen LogP) is 1.26. The number of piperidine rings is 1. The van der Waals surface area contributed by atoms with Crippen LogP contribution in [0.15, 0.2) is 12.3 Å². The Morgan fingerprint density at radius 1 is 1.47 bits per heavy atom. The lowest BCUT2D eigenvalue weighted by Gasteiger charge is -2.30. The maximum absolute atomic E-state index is 11.3. The van der Waals surface area contributed by atoms with Crippen molar-refractivity contribution in [2.45, 2.75) is 26.2 Å². The van der Waals surface area contributed by atoms with Crippen molar-refractivity contribution in [1.29, 1.82) is 0 Å². The summed E-state index contributed by atoms with van der Waals surface area (Å²) in [4.78, 5) is 13.7. The molecule has 1 saturated heterocycles. The highest BCUT2D eigenvalue weighted by molar-refractivity contribution is 5.78. The van der Waals surface area contributed by atoms with E-state index >= 15 is 0 Å². The first kappa shape index (κ1) is 12.3. The van der Waals surface area contributed by atoms with E-state index in [4.69, 9.17) is 0 Å². The van der Waals surface area contributed by atoms with Gasteiger partial charge in [-0.15, -0.1) is 0 Å². The molecule has 1 fully saturated rings. The summed E-state index contributed by atoms with van der Waals surface area (Å²) < 4.78 is 1.93. The van der Waals surface area contributed by atoms with Crippen molar-refractivity contribution in [2.24, 2.45) is 13.0 Å². The minimum absolute atomic E-state index is 0.308. The van der Waals surface area contributed by atoms with E-state index < -0.39 is 0 Å². The number of likely N-dealkylation sites (tertiary alicyclic amines) is 1. The lowest BCUT2D eigenvalue weighted by Crippen LogP contribution is -2.37. The zero-order valence-corrected chi connectivity index (χ0v) is 10.7. The molecule has 0 saturated carbocycles. The molecule has 1 aromatic heterocycles. The van der Waals surface area contributed by atoms with Gasteiger partial charge in [0.2, 0.25) is 0 Å². The molecular formula is C13H21N3O. The minimum atomic E-state index is 0.308. The molecule has 0 amide bonds. The topological polar surface area (TPSA) is 38.1 Å². The van der Waals surface area contributed by atoms with Crippen molar-refractivity contribution in [3.05, 3.63) is 18.0 Å². The zero-order valence-electron chi connectivity index (χ0n) is 10.7. The van der Waals surface area contributed by atoms with Gasteiger partial charge in [-0.1, -0.05) is 0 Å². The highest BCUT2D eigenvalue weighted by Gasteiger charge is 2.21. The van der Waals surface area contributed by atoms with Crippen LogP contribution in [0.4, 0.5) is 0 Å². The van der Waals surface area contributed by atoms with Crippen LogP contribution in [-0.4, -0.2) is 40.1 Å². The Labute approximate surface area is 103 Å². The first-order valence-corrected chi connectivity index (χ1v) is 6.36. The average Bonchev–Trinajstić information content (AvgIpc) is 2.73. The largest absolute Gasteiger partial charge is 0.303 e. The lowest BCUT2D eigenvalue weighted by atomic mass is 9.93. The molecule has 0 aliphatic carbocycles. The van der Waals surface area contributed by atoms with E-state index in [-0.39, 0.29) is 0 Å². The number of aromatic nitrogens is 2. The van der Waals surface area contributed by atoms with Crippen molar-refractivity contribution in [3.8, 4) is 0 Å². The number of rotatable bonds is 4. The van der Waals surface area contributed by atoms with Gasteiger partial charge in [0.05, 0.1) is 0 Å². The molecule has 0 unspecified atom stereocenters. The summed E-state index contributed by atoms with van der Waals surface area (Å²) in [5.41, 5.74) is 1.28. The SMILES string of the molecule is CC(=O)C1CCN(CCc2ccnn2C)CC1. The molecule has 4 nitrogen and oxygen atoms in total. The van der Waals surface area contributed by atoms with Crippen LogP contribution in [0.3, 0.4) is 0 Å². The quantitative estimate of drug-likeness (QED) is 0.788. The second-order valence-corrected chi connectivity index (χ2v) is 4.92. The fourth-order valence-corrected chi connectivity index (χ4v) is 2.48. The first-order valence-electron chi connectivity index (χ1n) is 6.36. The third kappa shape index (κ3) is 3.16. The first-order chi connectivity index (χ1) is 8.16. The Bertz CT molecular complexity index is 378. The van der Waals surface area contributed by atoms with E-state index in [1.54, 1.807) is 6.92 Å². The van der Waals surface area contributed by atoms with E-state index in [0.29, 0.717) is 11.7 Å². The number of nitrogens with zero attached hydrogens (tertiary/aromatic N) is 3. The van der Waals surface area contributed by atoms with Gasteiger partial charge in [-0.3, -0.25) is 9.48 Å². The van der Waals surface area contributed by atoms with Crippen molar-refractivity contribution in [2.75, 3.05) is 19.6 Å². The number of aryl methyl sites for hydroxylation is 1. The van der Waals surface area contributed by atoms with Crippen LogP contribution in [0.2, 0.25) is 0 Å². The molecule has 17 heavy (non-hydrogen) atoms. The second kappa shape index (κ2) is 5.45. The molecule has 1 aliphatic rings. The summed E-state index contributed by atoms with van der Waals surface area (Å²) in [6.07, 6.45) is 4.94. The standard InChI is InChI=1S/C13H21N3O/c1-11(17)12-4-8-16(9-5-12)10-6-13-3-7-14-15(13)2/h3,7,12H,4-6,8-10H2,1-2H3. The third-order valence-corrected chi connectivity index (χ3v) is 3.77. The van der Waals surface area contributed by atoms with Crippen molar-refractivity contribution < 1.29 is 4.79 Å².